The van der Waals surface area contributed by atoms with Crippen molar-refractivity contribution < 1.29 is 22.4 Å². The highest BCUT2D eigenvalue weighted by molar-refractivity contribution is 7.89. The van der Waals surface area contributed by atoms with Crippen LogP contribution in [0.4, 0.5) is 6.01 Å². The van der Waals surface area contributed by atoms with Crippen molar-refractivity contribution >= 4 is 21.9 Å². The van der Waals surface area contributed by atoms with Gasteiger partial charge < -0.3 is 9.15 Å². The maximum atomic E-state index is 12.6. The predicted molar refractivity (Wildman–Crippen MR) is 104 cm³/mol. The van der Waals surface area contributed by atoms with E-state index in [2.05, 4.69) is 15.5 Å². The fourth-order valence-electron chi connectivity index (χ4n) is 3.68. The molecule has 156 valence electrons. The predicted octanol–water partition coefficient (Wildman–Crippen LogP) is 2.39. The summed E-state index contributed by atoms with van der Waals surface area (Å²) in [5.74, 6) is 0.387. The number of morpholine rings is 1. The SMILES string of the molecule is O=C(Nc1nnc(C2CCCCC2)o1)c1ccc(S(=O)(=O)N2CCOCC2)cc1. The number of anilines is 1. The Balaban J connectivity index is 1.41. The molecule has 29 heavy (non-hydrogen) atoms. The number of ether oxygens (including phenoxy) is 1. The van der Waals surface area contributed by atoms with E-state index < -0.39 is 15.9 Å². The first kappa shape index (κ1) is 20.0. The van der Waals surface area contributed by atoms with Crippen molar-refractivity contribution in [3.8, 4) is 0 Å². The third-order valence-corrected chi connectivity index (χ3v) is 7.25. The van der Waals surface area contributed by atoms with Gasteiger partial charge in [-0.2, -0.15) is 4.31 Å². The lowest BCUT2D eigenvalue weighted by Crippen LogP contribution is -2.40. The van der Waals surface area contributed by atoms with Crippen LogP contribution >= 0.6 is 0 Å². The number of rotatable bonds is 5. The van der Waals surface area contributed by atoms with Gasteiger partial charge in [0.15, 0.2) is 0 Å². The normalized spacial score (nSPS) is 19.2. The molecule has 0 spiro atoms. The number of carbonyl (C=O) groups is 1. The van der Waals surface area contributed by atoms with Gasteiger partial charge in [-0.3, -0.25) is 10.1 Å². The second-order valence-corrected chi connectivity index (χ2v) is 9.21. The zero-order chi connectivity index (χ0) is 20.3. The summed E-state index contributed by atoms with van der Waals surface area (Å²) in [7, 11) is -3.59. The van der Waals surface area contributed by atoms with E-state index >= 15 is 0 Å². The minimum Gasteiger partial charge on any atom is -0.408 e. The van der Waals surface area contributed by atoms with Gasteiger partial charge in [-0.15, -0.1) is 5.10 Å². The fraction of sp³-hybridized carbons (Fsp3) is 0.526. The lowest BCUT2D eigenvalue weighted by atomic mass is 9.89. The van der Waals surface area contributed by atoms with Crippen LogP contribution in [0.5, 0.6) is 0 Å². The average molecular weight is 420 g/mol. The summed E-state index contributed by atoms with van der Waals surface area (Å²) in [4.78, 5) is 12.6. The van der Waals surface area contributed by atoms with E-state index in [4.69, 9.17) is 9.15 Å². The maximum Gasteiger partial charge on any atom is 0.322 e. The standard InChI is InChI=1S/C19H24N4O5S/c24-17(20-19-22-21-18(28-19)15-4-2-1-3-5-15)14-6-8-16(9-7-14)29(25,26)23-10-12-27-13-11-23/h6-9,15H,1-5,10-13H2,(H,20,22,24). The second-order valence-electron chi connectivity index (χ2n) is 7.28. The minimum absolute atomic E-state index is 0.0561. The molecule has 2 aliphatic rings. The highest BCUT2D eigenvalue weighted by atomic mass is 32.2. The Hall–Kier alpha value is -2.30. The van der Waals surface area contributed by atoms with E-state index in [9.17, 15) is 13.2 Å². The molecule has 1 aliphatic heterocycles. The first-order valence-corrected chi connectivity index (χ1v) is 11.3. The number of sulfonamides is 1. The lowest BCUT2D eigenvalue weighted by Gasteiger charge is -2.26. The van der Waals surface area contributed by atoms with Crippen LogP contribution in [0, 0.1) is 0 Å². The third kappa shape index (κ3) is 4.49. The summed E-state index contributed by atoms with van der Waals surface area (Å²) in [6.07, 6.45) is 5.57. The molecular weight excluding hydrogens is 396 g/mol. The molecule has 9 nitrogen and oxygen atoms in total. The molecule has 0 bridgehead atoms. The molecule has 1 aromatic heterocycles. The second kappa shape index (κ2) is 8.60. The van der Waals surface area contributed by atoms with Crippen molar-refractivity contribution in [3.63, 3.8) is 0 Å². The smallest absolute Gasteiger partial charge is 0.322 e. The molecule has 1 saturated heterocycles. The molecule has 1 amide bonds. The van der Waals surface area contributed by atoms with Crippen LogP contribution in [0.3, 0.4) is 0 Å². The summed E-state index contributed by atoms with van der Waals surface area (Å²) in [5, 5.41) is 10.6. The molecule has 1 aliphatic carbocycles. The molecule has 0 radical (unpaired) electrons. The summed E-state index contributed by atoms with van der Waals surface area (Å²) in [6, 6.07) is 5.87. The van der Waals surface area contributed by atoms with E-state index in [1.165, 1.54) is 35.0 Å². The van der Waals surface area contributed by atoms with Crippen LogP contribution in [-0.4, -0.2) is 55.1 Å². The number of aromatic nitrogens is 2. The van der Waals surface area contributed by atoms with Crippen molar-refractivity contribution in [2.45, 2.75) is 42.9 Å². The van der Waals surface area contributed by atoms with E-state index in [0.29, 0.717) is 37.8 Å². The van der Waals surface area contributed by atoms with Crippen LogP contribution in [-0.2, 0) is 14.8 Å². The van der Waals surface area contributed by atoms with Crippen LogP contribution in [0.15, 0.2) is 33.6 Å². The Labute approximate surface area is 169 Å². The Morgan fingerprint density at radius 2 is 1.72 bits per heavy atom. The summed E-state index contributed by atoms with van der Waals surface area (Å²) < 4.78 is 37.5. The molecule has 1 N–H and O–H groups in total. The van der Waals surface area contributed by atoms with E-state index in [1.807, 2.05) is 0 Å². The van der Waals surface area contributed by atoms with E-state index in [1.54, 1.807) is 0 Å². The Morgan fingerprint density at radius 3 is 2.41 bits per heavy atom. The van der Waals surface area contributed by atoms with Crippen molar-refractivity contribution in [2.75, 3.05) is 31.6 Å². The van der Waals surface area contributed by atoms with Gasteiger partial charge >= 0.3 is 6.01 Å². The molecule has 2 heterocycles. The first-order chi connectivity index (χ1) is 14.0. The lowest BCUT2D eigenvalue weighted by molar-refractivity contribution is 0.0730. The average Bonchev–Trinajstić information content (AvgIpc) is 3.23. The van der Waals surface area contributed by atoms with Crippen LogP contribution in [0.25, 0.3) is 0 Å². The molecule has 10 heteroatoms. The van der Waals surface area contributed by atoms with Crippen LogP contribution in [0.1, 0.15) is 54.3 Å². The number of nitrogens with one attached hydrogen (secondary N) is 1. The van der Waals surface area contributed by atoms with Gasteiger partial charge in [0.25, 0.3) is 5.91 Å². The fourth-order valence-corrected chi connectivity index (χ4v) is 5.09. The highest BCUT2D eigenvalue weighted by Crippen LogP contribution is 2.32. The first-order valence-electron chi connectivity index (χ1n) is 9.87. The summed E-state index contributed by atoms with van der Waals surface area (Å²) in [6.45, 7) is 1.41. The Bertz CT molecular complexity index is 945. The molecule has 1 saturated carbocycles. The van der Waals surface area contributed by atoms with Gasteiger partial charge in [0.05, 0.1) is 18.1 Å². The summed E-state index contributed by atoms with van der Waals surface area (Å²) >= 11 is 0. The van der Waals surface area contributed by atoms with E-state index in [-0.39, 0.29) is 16.8 Å². The number of carbonyl (C=O) groups excluding carboxylic acids is 1. The number of hydrogen-bond donors (Lipinski definition) is 1. The molecule has 2 fully saturated rings. The number of hydrogen-bond acceptors (Lipinski definition) is 7. The minimum atomic E-state index is -3.59. The number of nitrogens with zero attached hydrogens (tertiary/aromatic N) is 3. The number of benzene rings is 1. The van der Waals surface area contributed by atoms with Gasteiger partial charge in [-0.05, 0) is 37.1 Å². The van der Waals surface area contributed by atoms with Gasteiger partial charge in [0.1, 0.15) is 0 Å². The Kier molecular flexibility index (Phi) is 5.93. The van der Waals surface area contributed by atoms with Crippen molar-refractivity contribution in [2.24, 2.45) is 0 Å². The third-order valence-electron chi connectivity index (χ3n) is 5.34. The molecular formula is C19H24N4O5S. The van der Waals surface area contributed by atoms with E-state index in [0.717, 1.165) is 25.7 Å². The highest BCUT2D eigenvalue weighted by Gasteiger charge is 2.26. The largest absolute Gasteiger partial charge is 0.408 e. The maximum absolute atomic E-state index is 12.6. The topological polar surface area (TPSA) is 115 Å². The zero-order valence-corrected chi connectivity index (χ0v) is 16.9. The van der Waals surface area contributed by atoms with Crippen molar-refractivity contribution in [3.05, 3.63) is 35.7 Å². The van der Waals surface area contributed by atoms with Gasteiger partial charge in [-0.1, -0.05) is 24.4 Å². The molecule has 0 unspecified atom stereocenters. The van der Waals surface area contributed by atoms with Crippen LogP contribution < -0.4 is 5.32 Å². The van der Waals surface area contributed by atoms with Crippen LogP contribution in [0.2, 0.25) is 0 Å². The molecule has 4 rings (SSSR count). The van der Waals surface area contributed by atoms with Crippen molar-refractivity contribution in [1.82, 2.24) is 14.5 Å². The quantitative estimate of drug-likeness (QED) is 0.790. The van der Waals surface area contributed by atoms with Gasteiger partial charge in [0.2, 0.25) is 15.9 Å². The monoisotopic (exact) mass is 420 g/mol. The molecule has 1 aromatic carbocycles. The van der Waals surface area contributed by atoms with Crippen molar-refractivity contribution in [1.29, 1.82) is 0 Å². The number of amides is 1. The van der Waals surface area contributed by atoms with Gasteiger partial charge in [-0.25, -0.2) is 8.42 Å². The zero-order valence-electron chi connectivity index (χ0n) is 16.0. The summed E-state index contributed by atoms with van der Waals surface area (Å²) in [5.41, 5.74) is 0.309. The molecule has 0 atom stereocenters. The van der Waals surface area contributed by atoms with Gasteiger partial charge in [0, 0.05) is 24.6 Å². The Morgan fingerprint density at radius 1 is 1.03 bits per heavy atom. The molecule has 2 aromatic rings.